The Morgan fingerprint density at radius 2 is 1.90 bits per heavy atom. The minimum Gasteiger partial charge on any atom is -0.354 e. The number of aromatic nitrogens is 1. The summed E-state index contributed by atoms with van der Waals surface area (Å²) in [4.78, 5) is 4.11. The molecule has 0 amide bonds. The van der Waals surface area contributed by atoms with Gasteiger partial charge in [-0.3, -0.25) is 4.72 Å². The molecule has 0 radical (unpaired) electrons. The summed E-state index contributed by atoms with van der Waals surface area (Å²) in [6.45, 7) is 5.64. The molecule has 0 spiro atoms. The lowest BCUT2D eigenvalue weighted by Crippen LogP contribution is -2.15. The maximum atomic E-state index is 11.5. The van der Waals surface area contributed by atoms with Gasteiger partial charge in [0, 0.05) is 5.69 Å². The van der Waals surface area contributed by atoms with Crippen LogP contribution in [0.3, 0.4) is 0 Å². The van der Waals surface area contributed by atoms with Gasteiger partial charge in [0.2, 0.25) is 10.0 Å². The van der Waals surface area contributed by atoms with E-state index >= 15 is 0 Å². The van der Waals surface area contributed by atoms with Crippen LogP contribution in [0.25, 0.3) is 0 Å². The standard InChI is InChI=1S/C15H19N3O2S/c1-4-21(19,20)18-15-8-7-13(10-16-15)17-14-9-11(2)5-6-12(14)3/h5-10,17H,4H2,1-3H3,(H,16,18). The van der Waals surface area contributed by atoms with E-state index in [2.05, 4.69) is 33.2 Å². The maximum absolute atomic E-state index is 11.5. The fourth-order valence-corrected chi connectivity index (χ4v) is 2.37. The summed E-state index contributed by atoms with van der Waals surface area (Å²) in [6, 6.07) is 9.60. The quantitative estimate of drug-likeness (QED) is 0.890. The van der Waals surface area contributed by atoms with Crippen LogP contribution in [0.4, 0.5) is 17.2 Å². The predicted molar refractivity (Wildman–Crippen MR) is 86.5 cm³/mol. The zero-order valence-corrected chi connectivity index (χ0v) is 13.2. The van der Waals surface area contributed by atoms with E-state index in [9.17, 15) is 8.42 Å². The van der Waals surface area contributed by atoms with Crippen LogP contribution in [-0.2, 0) is 10.0 Å². The van der Waals surface area contributed by atoms with Crippen molar-refractivity contribution in [2.45, 2.75) is 20.8 Å². The van der Waals surface area contributed by atoms with Crippen molar-refractivity contribution in [3.63, 3.8) is 0 Å². The molecule has 0 unspecified atom stereocenters. The van der Waals surface area contributed by atoms with Crippen LogP contribution in [0, 0.1) is 13.8 Å². The minimum atomic E-state index is -3.29. The summed E-state index contributed by atoms with van der Waals surface area (Å²) in [5.41, 5.74) is 4.13. The molecule has 6 heteroatoms. The Labute approximate surface area is 125 Å². The molecule has 0 aliphatic heterocycles. The van der Waals surface area contributed by atoms with E-state index in [4.69, 9.17) is 0 Å². The largest absolute Gasteiger partial charge is 0.354 e. The first-order valence-corrected chi connectivity index (χ1v) is 8.35. The molecular weight excluding hydrogens is 286 g/mol. The van der Waals surface area contributed by atoms with Gasteiger partial charge in [0.15, 0.2) is 0 Å². The molecule has 0 saturated carbocycles. The van der Waals surface area contributed by atoms with E-state index in [1.54, 1.807) is 25.3 Å². The van der Waals surface area contributed by atoms with E-state index in [1.807, 2.05) is 13.8 Å². The molecule has 21 heavy (non-hydrogen) atoms. The van der Waals surface area contributed by atoms with Crippen molar-refractivity contribution in [1.29, 1.82) is 0 Å². The first-order chi connectivity index (χ1) is 9.89. The smallest absolute Gasteiger partial charge is 0.233 e. The maximum Gasteiger partial charge on any atom is 0.233 e. The number of pyridine rings is 1. The van der Waals surface area contributed by atoms with Gasteiger partial charge < -0.3 is 5.32 Å². The lowest BCUT2D eigenvalue weighted by Gasteiger charge is -2.11. The molecule has 0 fully saturated rings. The second-order valence-corrected chi connectivity index (χ2v) is 6.89. The number of sulfonamides is 1. The van der Waals surface area contributed by atoms with Gasteiger partial charge in [0.1, 0.15) is 5.82 Å². The SMILES string of the molecule is CCS(=O)(=O)Nc1ccc(Nc2cc(C)ccc2C)cn1. The van der Waals surface area contributed by atoms with Gasteiger partial charge in [-0.15, -0.1) is 0 Å². The lowest BCUT2D eigenvalue weighted by atomic mass is 10.1. The Bertz CT molecular complexity index is 725. The van der Waals surface area contributed by atoms with Gasteiger partial charge in [-0.1, -0.05) is 12.1 Å². The monoisotopic (exact) mass is 305 g/mol. The normalized spacial score (nSPS) is 11.2. The van der Waals surface area contributed by atoms with Gasteiger partial charge >= 0.3 is 0 Å². The van der Waals surface area contributed by atoms with Gasteiger partial charge in [0.05, 0.1) is 17.6 Å². The average molecular weight is 305 g/mol. The van der Waals surface area contributed by atoms with Gasteiger partial charge in [-0.2, -0.15) is 0 Å². The summed E-state index contributed by atoms with van der Waals surface area (Å²) < 4.78 is 25.3. The van der Waals surface area contributed by atoms with Crippen LogP contribution in [0.2, 0.25) is 0 Å². The van der Waals surface area contributed by atoms with Crippen LogP contribution in [0.1, 0.15) is 18.1 Å². The number of rotatable bonds is 5. The Hall–Kier alpha value is -2.08. The van der Waals surface area contributed by atoms with Crippen LogP contribution in [0.5, 0.6) is 0 Å². The fraction of sp³-hybridized carbons (Fsp3) is 0.267. The van der Waals surface area contributed by atoms with Crippen LogP contribution < -0.4 is 10.0 Å². The molecule has 0 atom stereocenters. The van der Waals surface area contributed by atoms with Crippen molar-refractivity contribution >= 4 is 27.2 Å². The van der Waals surface area contributed by atoms with E-state index in [1.165, 1.54) is 5.56 Å². The molecule has 0 aliphatic carbocycles. The van der Waals surface area contributed by atoms with Crippen LogP contribution >= 0.6 is 0 Å². The molecule has 2 rings (SSSR count). The number of aryl methyl sites for hydroxylation is 2. The Balaban J connectivity index is 2.14. The van der Waals surface area contributed by atoms with E-state index in [-0.39, 0.29) is 5.75 Å². The second kappa shape index (κ2) is 6.13. The molecule has 0 saturated heterocycles. The first-order valence-electron chi connectivity index (χ1n) is 6.70. The third-order valence-electron chi connectivity index (χ3n) is 3.08. The van der Waals surface area contributed by atoms with Gasteiger partial charge in [-0.25, -0.2) is 13.4 Å². The average Bonchev–Trinajstić information content (AvgIpc) is 2.45. The molecule has 1 aromatic heterocycles. The second-order valence-electron chi connectivity index (χ2n) is 4.88. The number of nitrogens with zero attached hydrogens (tertiary/aromatic N) is 1. The lowest BCUT2D eigenvalue weighted by molar-refractivity contribution is 0.602. The molecule has 2 N–H and O–H groups in total. The van der Waals surface area contributed by atoms with E-state index in [0.717, 1.165) is 16.9 Å². The summed E-state index contributed by atoms with van der Waals surface area (Å²) in [7, 11) is -3.29. The van der Waals surface area contributed by atoms with Gasteiger partial charge in [0.25, 0.3) is 0 Å². The topological polar surface area (TPSA) is 71.1 Å². The zero-order chi connectivity index (χ0) is 15.5. The third kappa shape index (κ3) is 4.19. The van der Waals surface area contributed by atoms with Crippen molar-refractivity contribution in [2.75, 3.05) is 15.8 Å². The molecular formula is C15H19N3O2S. The Morgan fingerprint density at radius 3 is 2.52 bits per heavy atom. The van der Waals surface area contributed by atoms with E-state index in [0.29, 0.717) is 5.82 Å². The van der Waals surface area contributed by atoms with E-state index < -0.39 is 10.0 Å². The van der Waals surface area contributed by atoms with Crippen molar-refractivity contribution < 1.29 is 8.42 Å². The molecule has 112 valence electrons. The molecule has 0 aliphatic rings. The van der Waals surface area contributed by atoms with Crippen molar-refractivity contribution in [3.8, 4) is 0 Å². The Kier molecular flexibility index (Phi) is 4.47. The zero-order valence-electron chi connectivity index (χ0n) is 12.3. The highest BCUT2D eigenvalue weighted by Gasteiger charge is 2.07. The molecule has 0 bridgehead atoms. The molecule has 1 heterocycles. The third-order valence-corrected chi connectivity index (χ3v) is 4.36. The van der Waals surface area contributed by atoms with Crippen LogP contribution in [-0.4, -0.2) is 19.2 Å². The van der Waals surface area contributed by atoms with Crippen molar-refractivity contribution in [1.82, 2.24) is 4.98 Å². The fourth-order valence-electron chi connectivity index (χ4n) is 1.79. The van der Waals surface area contributed by atoms with Crippen molar-refractivity contribution in [3.05, 3.63) is 47.7 Å². The summed E-state index contributed by atoms with van der Waals surface area (Å²) in [6.07, 6.45) is 1.61. The minimum absolute atomic E-state index is 0.0250. The van der Waals surface area contributed by atoms with Crippen LogP contribution in [0.15, 0.2) is 36.5 Å². The Morgan fingerprint density at radius 1 is 1.14 bits per heavy atom. The molecule has 1 aromatic carbocycles. The number of hydrogen-bond donors (Lipinski definition) is 2. The molecule has 2 aromatic rings. The highest BCUT2D eigenvalue weighted by atomic mass is 32.2. The summed E-state index contributed by atoms with van der Waals surface area (Å²) in [5.74, 6) is 0.348. The highest BCUT2D eigenvalue weighted by molar-refractivity contribution is 7.92. The number of benzene rings is 1. The number of anilines is 3. The first kappa shape index (κ1) is 15.3. The summed E-state index contributed by atoms with van der Waals surface area (Å²) >= 11 is 0. The number of hydrogen-bond acceptors (Lipinski definition) is 4. The number of nitrogens with one attached hydrogen (secondary N) is 2. The predicted octanol–water partition coefficient (Wildman–Crippen LogP) is 3.20. The van der Waals surface area contributed by atoms with Gasteiger partial charge in [-0.05, 0) is 50.1 Å². The molecule has 5 nitrogen and oxygen atoms in total. The summed E-state index contributed by atoms with van der Waals surface area (Å²) in [5, 5.41) is 3.28. The highest BCUT2D eigenvalue weighted by Crippen LogP contribution is 2.22. The van der Waals surface area contributed by atoms with Crippen molar-refractivity contribution in [2.24, 2.45) is 0 Å².